The van der Waals surface area contributed by atoms with Gasteiger partial charge in [-0.15, -0.1) is 0 Å². The van der Waals surface area contributed by atoms with Gasteiger partial charge in [-0.1, -0.05) is 5.16 Å². The Balaban J connectivity index is 1.54. The summed E-state index contributed by atoms with van der Waals surface area (Å²) >= 11 is 0. The van der Waals surface area contributed by atoms with Crippen LogP contribution in [-0.2, 0) is 9.53 Å². The minimum atomic E-state index is -1.45. The number of amides is 1. The predicted molar refractivity (Wildman–Crippen MR) is 95.0 cm³/mol. The van der Waals surface area contributed by atoms with E-state index in [-0.39, 0.29) is 31.8 Å². The number of cyclic esters (lactones) is 1. The molecule has 29 heavy (non-hydrogen) atoms. The van der Waals surface area contributed by atoms with Crippen LogP contribution in [0, 0.1) is 17.5 Å². The second-order valence-corrected chi connectivity index (χ2v) is 6.46. The molecule has 1 unspecified atom stereocenters. The maximum absolute atomic E-state index is 14.7. The monoisotopic (exact) mass is 408 g/mol. The molecule has 1 atom stereocenters. The van der Waals surface area contributed by atoms with E-state index in [1.165, 1.54) is 18.5 Å². The lowest BCUT2D eigenvalue weighted by Crippen LogP contribution is -2.30. The standard InChI is InChI=1S/C18H15F3N4O4/c19-12-7-13(15(20)16(21)17(12)24-4-1-10(26)2-5-24)25-9-11(29-18(25)27)8-22-14-3-6-28-23-14/h1,3-4,6-7,11H,2,5,8-9H2,(H,22,23). The third-order valence-electron chi connectivity index (χ3n) is 4.56. The molecule has 0 aliphatic carbocycles. The first-order valence-corrected chi connectivity index (χ1v) is 8.71. The van der Waals surface area contributed by atoms with E-state index in [1.807, 2.05) is 0 Å². The summed E-state index contributed by atoms with van der Waals surface area (Å²) < 4.78 is 53.7. The van der Waals surface area contributed by atoms with Crippen LogP contribution < -0.4 is 15.1 Å². The van der Waals surface area contributed by atoms with Crippen LogP contribution in [0.2, 0.25) is 0 Å². The quantitative estimate of drug-likeness (QED) is 0.761. The fraction of sp³-hybridized carbons (Fsp3) is 0.278. The van der Waals surface area contributed by atoms with E-state index in [0.29, 0.717) is 5.82 Å². The van der Waals surface area contributed by atoms with E-state index in [1.54, 1.807) is 6.07 Å². The number of ether oxygens (including phenoxy) is 1. The predicted octanol–water partition coefficient (Wildman–Crippen LogP) is 2.82. The molecule has 0 spiro atoms. The number of halogens is 3. The van der Waals surface area contributed by atoms with Crippen molar-refractivity contribution in [2.75, 3.05) is 34.8 Å². The first kappa shape index (κ1) is 18.8. The lowest BCUT2D eigenvalue weighted by Gasteiger charge is -2.25. The van der Waals surface area contributed by atoms with Gasteiger partial charge in [-0.05, 0) is 6.08 Å². The Labute approximate surface area is 162 Å². The van der Waals surface area contributed by atoms with Gasteiger partial charge >= 0.3 is 6.09 Å². The number of nitrogens with zero attached hydrogens (tertiary/aromatic N) is 3. The van der Waals surface area contributed by atoms with Crippen molar-refractivity contribution in [2.45, 2.75) is 12.5 Å². The van der Waals surface area contributed by atoms with Gasteiger partial charge in [0.25, 0.3) is 0 Å². The molecule has 1 saturated heterocycles. The van der Waals surface area contributed by atoms with Crippen LogP contribution in [0.25, 0.3) is 0 Å². The highest BCUT2D eigenvalue weighted by Gasteiger charge is 2.36. The summed E-state index contributed by atoms with van der Waals surface area (Å²) in [6.45, 7) is 0.0481. The number of rotatable bonds is 5. The number of carbonyl (C=O) groups excluding carboxylic acids is 2. The Morgan fingerprint density at radius 2 is 2.07 bits per heavy atom. The van der Waals surface area contributed by atoms with Gasteiger partial charge in [0.2, 0.25) is 0 Å². The van der Waals surface area contributed by atoms with Crippen molar-refractivity contribution >= 4 is 29.1 Å². The van der Waals surface area contributed by atoms with Gasteiger partial charge in [0.1, 0.15) is 18.1 Å². The van der Waals surface area contributed by atoms with Crippen LogP contribution in [0.1, 0.15) is 6.42 Å². The molecule has 1 fully saturated rings. The summed E-state index contributed by atoms with van der Waals surface area (Å²) in [7, 11) is 0. The molecule has 3 heterocycles. The molecular formula is C18H15F3N4O4. The molecule has 1 amide bonds. The van der Waals surface area contributed by atoms with Crippen LogP contribution in [0.3, 0.4) is 0 Å². The Bertz CT molecular complexity index is 980. The maximum Gasteiger partial charge on any atom is 0.414 e. The number of aromatic nitrogens is 1. The van der Waals surface area contributed by atoms with Crippen molar-refractivity contribution in [1.82, 2.24) is 5.16 Å². The van der Waals surface area contributed by atoms with Crippen LogP contribution in [0.15, 0.2) is 35.2 Å². The number of nitrogens with one attached hydrogen (secondary N) is 1. The van der Waals surface area contributed by atoms with Gasteiger partial charge in [0.15, 0.2) is 29.1 Å². The summed E-state index contributed by atoms with van der Waals surface area (Å²) in [5.74, 6) is -3.66. The van der Waals surface area contributed by atoms with Gasteiger partial charge in [-0.3, -0.25) is 9.69 Å². The van der Waals surface area contributed by atoms with Gasteiger partial charge in [-0.2, -0.15) is 0 Å². The van der Waals surface area contributed by atoms with Crippen molar-refractivity contribution in [3.8, 4) is 0 Å². The van der Waals surface area contributed by atoms with Crippen LogP contribution in [0.4, 0.5) is 35.2 Å². The van der Waals surface area contributed by atoms with Crippen molar-refractivity contribution < 1.29 is 32.0 Å². The third-order valence-corrected chi connectivity index (χ3v) is 4.56. The summed E-state index contributed by atoms with van der Waals surface area (Å²) in [5, 5.41) is 6.50. The Morgan fingerprint density at radius 3 is 2.76 bits per heavy atom. The second-order valence-electron chi connectivity index (χ2n) is 6.46. The van der Waals surface area contributed by atoms with Crippen molar-refractivity contribution in [2.24, 2.45) is 0 Å². The highest BCUT2D eigenvalue weighted by atomic mass is 19.2. The lowest BCUT2D eigenvalue weighted by atomic mass is 10.1. The van der Waals surface area contributed by atoms with Crippen molar-refractivity contribution in [3.05, 3.63) is 48.1 Å². The summed E-state index contributed by atoms with van der Waals surface area (Å²) in [6.07, 6.45) is 2.15. The topological polar surface area (TPSA) is 87.9 Å². The molecule has 8 nitrogen and oxygen atoms in total. The molecule has 1 aromatic heterocycles. The third kappa shape index (κ3) is 3.62. The van der Waals surface area contributed by atoms with E-state index < -0.39 is 41.0 Å². The minimum absolute atomic E-state index is 0.0174. The van der Waals surface area contributed by atoms with E-state index in [4.69, 9.17) is 4.74 Å². The zero-order valence-electron chi connectivity index (χ0n) is 14.9. The van der Waals surface area contributed by atoms with Gasteiger partial charge in [-0.25, -0.2) is 18.0 Å². The second kappa shape index (κ2) is 7.49. The molecule has 4 rings (SSSR count). The first-order valence-electron chi connectivity index (χ1n) is 8.71. The molecule has 2 aromatic rings. The number of anilines is 3. The average molecular weight is 408 g/mol. The Morgan fingerprint density at radius 1 is 1.24 bits per heavy atom. The number of ketones is 1. The summed E-state index contributed by atoms with van der Waals surface area (Å²) in [4.78, 5) is 25.3. The molecular weight excluding hydrogens is 393 g/mol. The molecule has 2 aliphatic rings. The van der Waals surface area contributed by atoms with E-state index in [9.17, 15) is 22.8 Å². The zero-order chi connectivity index (χ0) is 20.5. The minimum Gasteiger partial charge on any atom is -0.442 e. The Kier molecular flexibility index (Phi) is 4.87. The zero-order valence-corrected chi connectivity index (χ0v) is 14.9. The van der Waals surface area contributed by atoms with Crippen molar-refractivity contribution in [1.29, 1.82) is 0 Å². The molecule has 1 N–H and O–H groups in total. The molecule has 0 radical (unpaired) electrons. The molecule has 2 aliphatic heterocycles. The number of allylic oxidation sites excluding steroid dienone is 1. The van der Waals surface area contributed by atoms with E-state index in [0.717, 1.165) is 15.9 Å². The number of hydrogen-bond donors (Lipinski definition) is 1. The number of carbonyl (C=O) groups is 2. The van der Waals surface area contributed by atoms with Crippen LogP contribution in [0.5, 0.6) is 0 Å². The highest BCUT2D eigenvalue weighted by molar-refractivity contribution is 5.92. The van der Waals surface area contributed by atoms with Crippen LogP contribution >= 0.6 is 0 Å². The lowest BCUT2D eigenvalue weighted by molar-refractivity contribution is -0.114. The molecule has 152 valence electrons. The SMILES string of the molecule is O=C1C=CN(c2c(F)cc(N3CC(CNc4ccon4)OC3=O)c(F)c2F)CC1. The number of benzene rings is 1. The normalized spacial score (nSPS) is 19.1. The molecule has 11 heteroatoms. The fourth-order valence-electron chi connectivity index (χ4n) is 3.13. The molecule has 0 bridgehead atoms. The summed E-state index contributed by atoms with van der Waals surface area (Å²) in [5.41, 5.74) is -1.18. The van der Waals surface area contributed by atoms with Crippen LogP contribution in [-0.4, -0.2) is 42.8 Å². The largest absolute Gasteiger partial charge is 0.442 e. The van der Waals surface area contributed by atoms with E-state index in [2.05, 4.69) is 15.0 Å². The number of hydrogen-bond acceptors (Lipinski definition) is 7. The average Bonchev–Trinajstić information content (AvgIpc) is 3.34. The fourth-order valence-corrected chi connectivity index (χ4v) is 3.13. The van der Waals surface area contributed by atoms with Crippen molar-refractivity contribution in [3.63, 3.8) is 0 Å². The maximum atomic E-state index is 14.7. The summed E-state index contributed by atoms with van der Waals surface area (Å²) in [6, 6.07) is 2.30. The van der Waals surface area contributed by atoms with Gasteiger partial charge in [0, 0.05) is 31.3 Å². The first-order chi connectivity index (χ1) is 13.9. The van der Waals surface area contributed by atoms with Gasteiger partial charge < -0.3 is 19.5 Å². The molecule has 0 saturated carbocycles. The van der Waals surface area contributed by atoms with Gasteiger partial charge in [0.05, 0.1) is 18.8 Å². The molecule has 1 aromatic carbocycles. The highest BCUT2D eigenvalue weighted by Crippen LogP contribution is 2.35. The Hall–Kier alpha value is -3.50. The van der Waals surface area contributed by atoms with E-state index >= 15 is 0 Å². The smallest absolute Gasteiger partial charge is 0.414 e.